The van der Waals surface area contributed by atoms with Gasteiger partial charge in [0.05, 0.1) is 12.7 Å². The summed E-state index contributed by atoms with van der Waals surface area (Å²) < 4.78 is 5.51. The Hall–Kier alpha value is -1.47. The third kappa shape index (κ3) is 2.37. The summed E-state index contributed by atoms with van der Waals surface area (Å²) in [5.41, 5.74) is 0. The number of morpholine rings is 1. The first-order valence-electron chi connectivity index (χ1n) is 5.22. The van der Waals surface area contributed by atoms with E-state index in [1.165, 1.54) is 6.33 Å². The number of amides is 1. The zero-order valence-electron chi connectivity index (χ0n) is 9.14. The summed E-state index contributed by atoms with van der Waals surface area (Å²) in [5.74, 6) is 0.159. The average Bonchev–Trinajstić information content (AvgIpc) is 2.82. The van der Waals surface area contributed by atoms with Crippen molar-refractivity contribution in [3.05, 3.63) is 12.2 Å². The highest BCUT2D eigenvalue weighted by atomic mass is 16.5. The summed E-state index contributed by atoms with van der Waals surface area (Å²) >= 11 is 0. The molecule has 7 heteroatoms. The molecule has 0 aromatic carbocycles. The van der Waals surface area contributed by atoms with E-state index in [1.807, 2.05) is 7.05 Å². The number of hydrogen-bond acceptors (Lipinski definition) is 5. The minimum atomic E-state index is -0.123. The van der Waals surface area contributed by atoms with Gasteiger partial charge >= 0.3 is 0 Å². The van der Waals surface area contributed by atoms with Crippen molar-refractivity contribution in [2.24, 2.45) is 0 Å². The van der Waals surface area contributed by atoms with Crippen LogP contribution in [0.3, 0.4) is 0 Å². The lowest BCUT2D eigenvalue weighted by Crippen LogP contribution is -2.48. The third-order valence-corrected chi connectivity index (χ3v) is 2.48. The van der Waals surface area contributed by atoms with Gasteiger partial charge in [0, 0.05) is 19.6 Å². The van der Waals surface area contributed by atoms with Crippen LogP contribution in [0.25, 0.3) is 0 Å². The van der Waals surface area contributed by atoms with Gasteiger partial charge in [0.25, 0.3) is 5.91 Å². The van der Waals surface area contributed by atoms with E-state index in [1.54, 1.807) is 4.90 Å². The topological polar surface area (TPSA) is 83.1 Å². The second kappa shape index (κ2) is 5.04. The van der Waals surface area contributed by atoms with E-state index in [4.69, 9.17) is 4.74 Å². The van der Waals surface area contributed by atoms with E-state index in [0.29, 0.717) is 19.7 Å². The molecule has 0 spiro atoms. The Morgan fingerprint density at radius 1 is 1.81 bits per heavy atom. The van der Waals surface area contributed by atoms with Crippen molar-refractivity contribution >= 4 is 5.91 Å². The van der Waals surface area contributed by atoms with Crippen LogP contribution in [0.4, 0.5) is 0 Å². The number of aromatic nitrogens is 3. The maximum Gasteiger partial charge on any atom is 0.291 e. The Kier molecular flexibility index (Phi) is 3.47. The van der Waals surface area contributed by atoms with Gasteiger partial charge in [-0.25, -0.2) is 4.98 Å². The van der Waals surface area contributed by atoms with Gasteiger partial charge in [-0.2, -0.15) is 5.10 Å². The lowest BCUT2D eigenvalue weighted by molar-refractivity contribution is -0.0200. The normalized spacial score (nSPS) is 21.1. The minimum absolute atomic E-state index is 0.0469. The van der Waals surface area contributed by atoms with E-state index in [2.05, 4.69) is 20.5 Å². The molecule has 1 aliphatic rings. The number of aromatic amines is 1. The molecule has 1 saturated heterocycles. The molecule has 2 heterocycles. The Balaban J connectivity index is 1.96. The lowest BCUT2D eigenvalue weighted by atomic mass is 10.2. The molecular formula is C9H15N5O2. The summed E-state index contributed by atoms with van der Waals surface area (Å²) in [4.78, 5) is 17.5. The first-order valence-corrected chi connectivity index (χ1v) is 5.22. The van der Waals surface area contributed by atoms with Crippen molar-refractivity contribution in [1.29, 1.82) is 0 Å². The highest BCUT2D eigenvalue weighted by Crippen LogP contribution is 2.07. The molecule has 1 atom stereocenters. The Morgan fingerprint density at radius 3 is 3.38 bits per heavy atom. The largest absolute Gasteiger partial charge is 0.373 e. The Morgan fingerprint density at radius 2 is 2.69 bits per heavy atom. The third-order valence-electron chi connectivity index (χ3n) is 2.48. The SMILES string of the molecule is CNCC1CN(C(=O)c2ncn[nH]2)CCO1. The second-order valence-corrected chi connectivity index (χ2v) is 3.64. The van der Waals surface area contributed by atoms with Crippen molar-refractivity contribution in [2.45, 2.75) is 6.10 Å². The van der Waals surface area contributed by atoms with Crippen molar-refractivity contribution in [3.63, 3.8) is 0 Å². The van der Waals surface area contributed by atoms with Crippen LogP contribution >= 0.6 is 0 Å². The van der Waals surface area contributed by atoms with E-state index in [9.17, 15) is 4.79 Å². The standard InChI is InChI=1S/C9H15N5O2/c1-10-4-7-5-14(2-3-16-7)9(15)8-11-6-12-13-8/h6-7,10H,2-5H2,1H3,(H,11,12,13). The second-order valence-electron chi connectivity index (χ2n) is 3.64. The van der Waals surface area contributed by atoms with Gasteiger partial charge in [0.15, 0.2) is 0 Å². The Labute approximate surface area is 93.2 Å². The number of nitrogens with one attached hydrogen (secondary N) is 2. The lowest BCUT2D eigenvalue weighted by Gasteiger charge is -2.32. The number of carbonyl (C=O) groups excluding carboxylic acids is 1. The molecule has 1 amide bonds. The molecule has 0 bridgehead atoms. The van der Waals surface area contributed by atoms with Gasteiger partial charge in [0.1, 0.15) is 6.33 Å². The summed E-state index contributed by atoms with van der Waals surface area (Å²) in [7, 11) is 1.86. The van der Waals surface area contributed by atoms with Gasteiger partial charge in [-0.05, 0) is 7.05 Å². The molecule has 1 aliphatic heterocycles. The summed E-state index contributed by atoms with van der Waals surface area (Å²) in [6.45, 7) is 2.48. The average molecular weight is 225 g/mol. The fourth-order valence-electron chi connectivity index (χ4n) is 1.71. The maximum absolute atomic E-state index is 11.9. The van der Waals surface area contributed by atoms with Crippen molar-refractivity contribution < 1.29 is 9.53 Å². The predicted octanol–water partition coefficient (Wildman–Crippen LogP) is -1.13. The number of H-pyrrole nitrogens is 1. The number of rotatable bonds is 3. The van der Waals surface area contributed by atoms with Crippen LogP contribution in [0.1, 0.15) is 10.6 Å². The zero-order chi connectivity index (χ0) is 11.4. The molecule has 0 saturated carbocycles. The number of nitrogens with zero attached hydrogens (tertiary/aromatic N) is 3. The van der Waals surface area contributed by atoms with Crippen LogP contribution in [-0.2, 0) is 4.74 Å². The molecule has 1 aromatic rings. The molecule has 1 unspecified atom stereocenters. The fraction of sp³-hybridized carbons (Fsp3) is 0.667. The van der Waals surface area contributed by atoms with Crippen LogP contribution in [0, 0.1) is 0 Å². The predicted molar refractivity (Wildman–Crippen MR) is 56.0 cm³/mol. The molecule has 7 nitrogen and oxygen atoms in total. The van der Waals surface area contributed by atoms with Gasteiger partial charge in [-0.15, -0.1) is 0 Å². The van der Waals surface area contributed by atoms with Gasteiger partial charge in [0.2, 0.25) is 5.82 Å². The zero-order valence-corrected chi connectivity index (χ0v) is 9.14. The molecule has 2 rings (SSSR count). The van der Waals surface area contributed by atoms with Crippen molar-refractivity contribution in [1.82, 2.24) is 25.4 Å². The molecule has 1 aromatic heterocycles. The number of likely N-dealkylation sites (N-methyl/N-ethyl adjacent to an activating group) is 1. The van der Waals surface area contributed by atoms with Gasteiger partial charge < -0.3 is 15.0 Å². The highest BCUT2D eigenvalue weighted by Gasteiger charge is 2.25. The van der Waals surface area contributed by atoms with Crippen LogP contribution in [-0.4, -0.2) is 65.4 Å². The number of ether oxygens (including phenoxy) is 1. The van der Waals surface area contributed by atoms with Gasteiger partial charge in [-0.1, -0.05) is 0 Å². The number of carbonyl (C=O) groups is 1. The summed E-state index contributed by atoms with van der Waals surface area (Å²) in [5, 5.41) is 9.27. The molecule has 88 valence electrons. The van der Waals surface area contributed by atoms with Crippen LogP contribution in [0.2, 0.25) is 0 Å². The monoisotopic (exact) mass is 225 g/mol. The first kappa shape index (κ1) is 11.0. The van der Waals surface area contributed by atoms with Crippen molar-refractivity contribution in [3.8, 4) is 0 Å². The molecule has 0 radical (unpaired) electrons. The van der Waals surface area contributed by atoms with E-state index >= 15 is 0 Å². The fourth-order valence-corrected chi connectivity index (χ4v) is 1.71. The molecule has 16 heavy (non-hydrogen) atoms. The highest BCUT2D eigenvalue weighted by molar-refractivity contribution is 5.90. The van der Waals surface area contributed by atoms with Crippen LogP contribution in [0.5, 0.6) is 0 Å². The molecule has 1 fully saturated rings. The summed E-state index contributed by atoms with van der Waals surface area (Å²) in [6, 6.07) is 0. The Bertz CT molecular complexity index is 338. The molecular weight excluding hydrogens is 210 g/mol. The quantitative estimate of drug-likeness (QED) is 0.679. The van der Waals surface area contributed by atoms with E-state index < -0.39 is 0 Å². The smallest absolute Gasteiger partial charge is 0.291 e. The van der Waals surface area contributed by atoms with Crippen LogP contribution in [0.15, 0.2) is 6.33 Å². The van der Waals surface area contributed by atoms with Crippen LogP contribution < -0.4 is 5.32 Å². The van der Waals surface area contributed by atoms with E-state index in [-0.39, 0.29) is 17.8 Å². The number of hydrogen-bond donors (Lipinski definition) is 2. The molecule has 0 aliphatic carbocycles. The minimum Gasteiger partial charge on any atom is -0.373 e. The molecule has 2 N–H and O–H groups in total. The maximum atomic E-state index is 11.9. The van der Waals surface area contributed by atoms with E-state index in [0.717, 1.165) is 6.54 Å². The first-order chi connectivity index (χ1) is 7.81. The van der Waals surface area contributed by atoms with Crippen molar-refractivity contribution in [2.75, 3.05) is 33.3 Å². The van der Waals surface area contributed by atoms with Gasteiger partial charge in [-0.3, -0.25) is 9.89 Å². The summed E-state index contributed by atoms with van der Waals surface area (Å²) in [6.07, 6.45) is 1.38.